The number of carbonyl (C=O) groups is 1. The molecule has 106 valence electrons. The van der Waals surface area contributed by atoms with Crippen molar-refractivity contribution in [2.24, 2.45) is 11.1 Å². The van der Waals surface area contributed by atoms with Crippen LogP contribution in [0.5, 0.6) is 0 Å². The SMILES string of the molecule is CC(C)(CCN)CNC(=O)Cc1cccc(F)c1F. The first kappa shape index (κ1) is 15.6. The molecule has 1 rings (SSSR count). The number of rotatable bonds is 6. The van der Waals surface area contributed by atoms with Gasteiger partial charge >= 0.3 is 0 Å². The van der Waals surface area contributed by atoms with Crippen molar-refractivity contribution in [3.05, 3.63) is 35.4 Å². The Balaban J connectivity index is 2.54. The van der Waals surface area contributed by atoms with Gasteiger partial charge in [0.2, 0.25) is 5.91 Å². The summed E-state index contributed by atoms with van der Waals surface area (Å²) in [5, 5.41) is 2.72. The van der Waals surface area contributed by atoms with E-state index < -0.39 is 11.6 Å². The highest BCUT2D eigenvalue weighted by Gasteiger charge is 2.18. The van der Waals surface area contributed by atoms with Gasteiger partial charge in [0.15, 0.2) is 11.6 Å². The summed E-state index contributed by atoms with van der Waals surface area (Å²) in [6.45, 7) is 4.98. The van der Waals surface area contributed by atoms with Gasteiger partial charge in [0.25, 0.3) is 0 Å². The van der Waals surface area contributed by atoms with Crippen LogP contribution in [0.3, 0.4) is 0 Å². The minimum atomic E-state index is -0.959. The van der Waals surface area contributed by atoms with Crippen LogP contribution >= 0.6 is 0 Å². The number of hydrogen-bond acceptors (Lipinski definition) is 2. The zero-order valence-corrected chi connectivity index (χ0v) is 11.3. The highest BCUT2D eigenvalue weighted by molar-refractivity contribution is 5.78. The van der Waals surface area contributed by atoms with Gasteiger partial charge in [0, 0.05) is 12.1 Å². The van der Waals surface area contributed by atoms with Crippen molar-refractivity contribution in [2.75, 3.05) is 13.1 Å². The Kier molecular flexibility index (Phi) is 5.42. The first-order valence-corrected chi connectivity index (χ1v) is 6.25. The topological polar surface area (TPSA) is 55.1 Å². The van der Waals surface area contributed by atoms with Crippen molar-refractivity contribution in [3.8, 4) is 0 Å². The quantitative estimate of drug-likeness (QED) is 0.830. The third-order valence-corrected chi connectivity index (χ3v) is 2.97. The number of hydrogen-bond donors (Lipinski definition) is 2. The molecular weight excluding hydrogens is 250 g/mol. The number of nitrogens with one attached hydrogen (secondary N) is 1. The van der Waals surface area contributed by atoms with Crippen LogP contribution in [0.25, 0.3) is 0 Å². The van der Waals surface area contributed by atoms with Gasteiger partial charge in [-0.3, -0.25) is 4.79 Å². The van der Waals surface area contributed by atoms with Crippen LogP contribution in [-0.2, 0) is 11.2 Å². The highest BCUT2D eigenvalue weighted by atomic mass is 19.2. The van der Waals surface area contributed by atoms with Gasteiger partial charge in [-0.15, -0.1) is 0 Å². The van der Waals surface area contributed by atoms with E-state index in [-0.39, 0.29) is 23.3 Å². The lowest BCUT2D eigenvalue weighted by Gasteiger charge is -2.24. The standard InChI is InChI=1S/C14H20F2N2O/c1-14(2,6-7-17)9-18-12(19)8-10-4-3-5-11(15)13(10)16/h3-5H,6-9,17H2,1-2H3,(H,18,19). The smallest absolute Gasteiger partial charge is 0.224 e. The van der Waals surface area contributed by atoms with Gasteiger partial charge in [-0.25, -0.2) is 8.78 Å². The summed E-state index contributed by atoms with van der Waals surface area (Å²) in [4.78, 5) is 11.7. The molecular formula is C14H20F2N2O. The Morgan fingerprint density at radius 3 is 2.68 bits per heavy atom. The lowest BCUT2D eigenvalue weighted by Crippen LogP contribution is -2.36. The molecule has 1 aromatic carbocycles. The van der Waals surface area contributed by atoms with Crippen molar-refractivity contribution in [1.82, 2.24) is 5.32 Å². The molecule has 19 heavy (non-hydrogen) atoms. The van der Waals surface area contributed by atoms with Crippen molar-refractivity contribution in [3.63, 3.8) is 0 Å². The van der Waals surface area contributed by atoms with Gasteiger partial charge in [-0.1, -0.05) is 26.0 Å². The van der Waals surface area contributed by atoms with Crippen LogP contribution < -0.4 is 11.1 Å². The normalized spacial score (nSPS) is 11.4. The predicted octanol–water partition coefficient (Wildman–Crippen LogP) is 2.00. The Morgan fingerprint density at radius 1 is 1.37 bits per heavy atom. The van der Waals surface area contributed by atoms with Gasteiger partial charge in [0.05, 0.1) is 6.42 Å². The van der Waals surface area contributed by atoms with Crippen LogP contribution in [0.15, 0.2) is 18.2 Å². The summed E-state index contributed by atoms with van der Waals surface area (Å²) in [5.74, 6) is -2.22. The van der Waals surface area contributed by atoms with E-state index in [4.69, 9.17) is 5.73 Å². The maximum absolute atomic E-state index is 13.4. The van der Waals surface area contributed by atoms with Crippen molar-refractivity contribution >= 4 is 5.91 Å². The summed E-state index contributed by atoms with van der Waals surface area (Å²) in [6.07, 6.45) is 0.615. The molecule has 0 atom stereocenters. The molecule has 0 heterocycles. The molecule has 3 N–H and O–H groups in total. The number of amides is 1. The fraction of sp³-hybridized carbons (Fsp3) is 0.500. The first-order valence-electron chi connectivity index (χ1n) is 6.25. The third-order valence-electron chi connectivity index (χ3n) is 2.97. The van der Waals surface area contributed by atoms with Crippen LogP contribution in [0.2, 0.25) is 0 Å². The van der Waals surface area contributed by atoms with Crippen molar-refractivity contribution in [1.29, 1.82) is 0 Å². The zero-order chi connectivity index (χ0) is 14.5. The maximum Gasteiger partial charge on any atom is 0.224 e. The van der Waals surface area contributed by atoms with E-state index in [9.17, 15) is 13.6 Å². The molecule has 0 aromatic heterocycles. The van der Waals surface area contributed by atoms with Crippen molar-refractivity contribution < 1.29 is 13.6 Å². The molecule has 0 bridgehead atoms. The number of benzene rings is 1. The van der Waals surface area contributed by atoms with Gasteiger partial charge < -0.3 is 11.1 Å². The summed E-state index contributed by atoms with van der Waals surface area (Å²) >= 11 is 0. The lowest BCUT2D eigenvalue weighted by atomic mass is 9.89. The van der Waals surface area contributed by atoms with Gasteiger partial charge in [-0.2, -0.15) is 0 Å². The molecule has 0 aliphatic rings. The molecule has 0 aliphatic carbocycles. The first-order chi connectivity index (χ1) is 8.85. The molecule has 0 unspecified atom stereocenters. The molecule has 1 aromatic rings. The fourth-order valence-electron chi connectivity index (χ4n) is 1.74. The van der Waals surface area contributed by atoms with Gasteiger partial charge in [0.1, 0.15) is 0 Å². The van der Waals surface area contributed by atoms with E-state index in [0.29, 0.717) is 13.1 Å². The Labute approximate surface area is 112 Å². The molecule has 1 amide bonds. The Bertz CT molecular complexity index is 447. The second-order valence-corrected chi connectivity index (χ2v) is 5.37. The minimum absolute atomic E-state index is 0.0640. The number of carbonyl (C=O) groups excluding carboxylic acids is 1. The maximum atomic E-state index is 13.4. The second kappa shape index (κ2) is 6.61. The molecule has 0 aliphatic heterocycles. The van der Waals surface area contributed by atoms with E-state index in [1.807, 2.05) is 13.8 Å². The third kappa shape index (κ3) is 4.95. The average Bonchev–Trinajstić information content (AvgIpc) is 2.33. The summed E-state index contributed by atoms with van der Waals surface area (Å²) < 4.78 is 26.4. The molecule has 0 saturated heterocycles. The monoisotopic (exact) mass is 270 g/mol. The predicted molar refractivity (Wildman–Crippen MR) is 70.5 cm³/mol. The molecule has 0 saturated carbocycles. The van der Waals surface area contributed by atoms with E-state index in [1.54, 1.807) is 0 Å². The zero-order valence-electron chi connectivity index (χ0n) is 11.3. The second-order valence-electron chi connectivity index (χ2n) is 5.37. The van der Waals surface area contributed by atoms with E-state index >= 15 is 0 Å². The van der Waals surface area contributed by atoms with Crippen LogP contribution in [0.4, 0.5) is 8.78 Å². The van der Waals surface area contributed by atoms with Crippen LogP contribution in [0, 0.1) is 17.0 Å². The van der Waals surface area contributed by atoms with E-state index in [2.05, 4.69) is 5.32 Å². The summed E-state index contributed by atoms with van der Waals surface area (Å²) in [7, 11) is 0. The Hall–Kier alpha value is -1.49. The average molecular weight is 270 g/mol. The molecule has 3 nitrogen and oxygen atoms in total. The number of halogens is 2. The molecule has 0 spiro atoms. The fourth-order valence-corrected chi connectivity index (χ4v) is 1.74. The summed E-state index contributed by atoms with van der Waals surface area (Å²) in [5.41, 5.74) is 5.43. The molecule has 0 radical (unpaired) electrons. The van der Waals surface area contributed by atoms with E-state index in [0.717, 1.165) is 12.5 Å². The molecule has 0 fully saturated rings. The van der Waals surface area contributed by atoms with Gasteiger partial charge in [-0.05, 0) is 24.4 Å². The highest BCUT2D eigenvalue weighted by Crippen LogP contribution is 2.18. The minimum Gasteiger partial charge on any atom is -0.355 e. The molecule has 5 heteroatoms. The largest absolute Gasteiger partial charge is 0.355 e. The van der Waals surface area contributed by atoms with Crippen LogP contribution in [-0.4, -0.2) is 19.0 Å². The lowest BCUT2D eigenvalue weighted by molar-refractivity contribution is -0.120. The van der Waals surface area contributed by atoms with Crippen molar-refractivity contribution in [2.45, 2.75) is 26.7 Å². The Morgan fingerprint density at radius 2 is 2.05 bits per heavy atom. The van der Waals surface area contributed by atoms with Crippen LogP contribution in [0.1, 0.15) is 25.8 Å². The number of nitrogens with two attached hydrogens (primary N) is 1. The van der Waals surface area contributed by atoms with E-state index in [1.165, 1.54) is 12.1 Å². The summed E-state index contributed by atoms with van der Waals surface area (Å²) in [6, 6.07) is 3.82.